The summed E-state index contributed by atoms with van der Waals surface area (Å²) in [5.74, 6) is -0.597. The Labute approximate surface area is 173 Å². The molecule has 0 radical (unpaired) electrons. The largest absolute Gasteiger partial charge is 0.459 e. The van der Waals surface area contributed by atoms with Gasteiger partial charge < -0.3 is 14.6 Å². The average Bonchev–Trinajstić information content (AvgIpc) is 3.38. The zero-order chi connectivity index (χ0) is 21.3. The highest BCUT2D eigenvalue weighted by molar-refractivity contribution is 5.95. The van der Waals surface area contributed by atoms with Gasteiger partial charge in [-0.15, -0.1) is 0 Å². The summed E-state index contributed by atoms with van der Waals surface area (Å²) < 4.78 is 8.44. The van der Waals surface area contributed by atoms with Crippen molar-refractivity contribution >= 4 is 17.5 Å². The van der Waals surface area contributed by atoms with Crippen LogP contribution < -0.4 is 10.9 Å². The van der Waals surface area contributed by atoms with E-state index < -0.39 is 0 Å². The van der Waals surface area contributed by atoms with Gasteiger partial charge in [-0.05, 0) is 44.0 Å². The van der Waals surface area contributed by atoms with Gasteiger partial charge in [-0.2, -0.15) is 0 Å². The number of piperidine rings is 1. The molecule has 8 nitrogen and oxygen atoms in total. The maximum atomic E-state index is 13.0. The van der Waals surface area contributed by atoms with E-state index in [2.05, 4.69) is 5.32 Å². The van der Waals surface area contributed by atoms with Gasteiger partial charge in [0.1, 0.15) is 5.69 Å². The number of amides is 2. The van der Waals surface area contributed by atoms with Gasteiger partial charge in [-0.1, -0.05) is 18.2 Å². The highest BCUT2D eigenvalue weighted by Crippen LogP contribution is 2.21. The fourth-order valence-electron chi connectivity index (χ4n) is 3.87. The summed E-state index contributed by atoms with van der Waals surface area (Å²) in [6, 6.07) is 12.6. The van der Waals surface area contributed by atoms with Crippen LogP contribution in [0.4, 0.5) is 5.69 Å². The SMILES string of the molecule is Cc1c(NC(=O)C2CCCN(C(=O)c3ccco3)C2)c(=O)n(-c2ccccc2)n1C. The first-order valence-electron chi connectivity index (χ1n) is 9.95. The van der Waals surface area contributed by atoms with Crippen molar-refractivity contribution in [2.75, 3.05) is 18.4 Å². The molecule has 0 saturated carbocycles. The zero-order valence-corrected chi connectivity index (χ0v) is 17.0. The van der Waals surface area contributed by atoms with E-state index in [0.717, 1.165) is 5.69 Å². The van der Waals surface area contributed by atoms with Gasteiger partial charge >= 0.3 is 0 Å². The molecule has 8 heteroatoms. The lowest BCUT2D eigenvalue weighted by Gasteiger charge is -2.31. The maximum absolute atomic E-state index is 13.0. The summed E-state index contributed by atoms with van der Waals surface area (Å²) in [7, 11) is 1.78. The number of furan rings is 1. The molecule has 2 amide bonds. The summed E-state index contributed by atoms with van der Waals surface area (Å²) >= 11 is 0. The third kappa shape index (κ3) is 3.56. The molecule has 1 aliphatic heterocycles. The Balaban J connectivity index is 1.53. The van der Waals surface area contributed by atoms with Crippen LogP contribution >= 0.6 is 0 Å². The first-order valence-corrected chi connectivity index (χ1v) is 9.95. The summed E-state index contributed by atoms with van der Waals surface area (Å²) in [4.78, 5) is 40.1. The van der Waals surface area contributed by atoms with Crippen molar-refractivity contribution in [2.45, 2.75) is 19.8 Å². The lowest BCUT2D eigenvalue weighted by molar-refractivity contribution is -0.121. The van der Waals surface area contributed by atoms with Crippen molar-refractivity contribution < 1.29 is 14.0 Å². The standard InChI is InChI=1S/C22H24N4O4/c1-15-19(22(29)26(24(15)2)17-9-4-3-5-10-17)23-20(27)16-8-6-12-25(14-16)21(28)18-11-7-13-30-18/h3-5,7,9-11,13,16H,6,8,12,14H2,1-2H3,(H,23,27). The van der Waals surface area contributed by atoms with Crippen LogP contribution in [0.5, 0.6) is 0 Å². The Morgan fingerprint density at radius 3 is 2.60 bits per heavy atom. The Hall–Kier alpha value is -3.55. The second kappa shape index (κ2) is 8.06. The predicted octanol–water partition coefficient (Wildman–Crippen LogP) is 2.57. The van der Waals surface area contributed by atoms with Crippen LogP contribution in [0.25, 0.3) is 5.69 Å². The van der Waals surface area contributed by atoms with Gasteiger partial charge in [0.15, 0.2) is 5.76 Å². The summed E-state index contributed by atoms with van der Waals surface area (Å²) in [5.41, 5.74) is 1.37. The lowest BCUT2D eigenvalue weighted by atomic mass is 9.96. The van der Waals surface area contributed by atoms with Crippen molar-refractivity contribution in [3.8, 4) is 5.69 Å². The van der Waals surface area contributed by atoms with Crippen LogP contribution in [-0.2, 0) is 11.8 Å². The molecule has 30 heavy (non-hydrogen) atoms. The third-order valence-corrected chi connectivity index (χ3v) is 5.61. The first-order chi connectivity index (χ1) is 14.5. The number of para-hydroxylation sites is 1. The molecule has 3 aromatic rings. The van der Waals surface area contributed by atoms with Crippen LogP contribution in [0.2, 0.25) is 0 Å². The maximum Gasteiger partial charge on any atom is 0.295 e. The highest BCUT2D eigenvalue weighted by Gasteiger charge is 2.31. The van der Waals surface area contributed by atoms with Crippen molar-refractivity contribution in [1.29, 1.82) is 0 Å². The Morgan fingerprint density at radius 1 is 1.13 bits per heavy atom. The molecule has 1 saturated heterocycles. The molecule has 1 N–H and O–H groups in total. The van der Waals surface area contributed by atoms with Crippen LogP contribution in [0.15, 0.2) is 57.9 Å². The fourth-order valence-corrected chi connectivity index (χ4v) is 3.87. The second-order valence-electron chi connectivity index (χ2n) is 7.49. The van der Waals surface area contributed by atoms with E-state index in [4.69, 9.17) is 4.42 Å². The number of anilines is 1. The first kappa shape index (κ1) is 19.8. The number of aromatic nitrogens is 2. The summed E-state index contributed by atoms with van der Waals surface area (Å²) in [5, 5.41) is 2.82. The van der Waals surface area contributed by atoms with Crippen molar-refractivity contribution in [2.24, 2.45) is 13.0 Å². The van der Waals surface area contributed by atoms with E-state index in [1.54, 1.807) is 35.7 Å². The topological polar surface area (TPSA) is 89.5 Å². The molecule has 1 atom stereocenters. The van der Waals surface area contributed by atoms with Crippen LogP contribution in [0, 0.1) is 12.8 Å². The number of hydrogen-bond donors (Lipinski definition) is 1. The Bertz CT molecular complexity index is 1110. The predicted molar refractivity (Wildman–Crippen MR) is 112 cm³/mol. The minimum Gasteiger partial charge on any atom is -0.459 e. The van der Waals surface area contributed by atoms with Crippen molar-refractivity contribution in [3.05, 3.63) is 70.5 Å². The van der Waals surface area contributed by atoms with E-state index in [-0.39, 0.29) is 34.7 Å². The molecule has 1 unspecified atom stereocenters. The number of carbonyl (C=O) groups excluding carboxylic acids is 2. The third-order valence-electron chi connectivity index (χ3n) is 5.61. The number of benzene rings is 1. The van der Waals surface area contributed by atoms with Gasteiger partial charge in [-0.25, -0.2) is 4.68 Å². The van der Waals surface area contributed by atoms with E-state index in [9.17, 15) is 14.4 Å². The molecule has 156 valence electrons. The smallest absolute Gasteiger partial charge is 0.295 e. The van der Waals surface area contributed by atoms with E-state index >= 15 is 0 Å². The van der Waals surface area contributed by atoms with Gasteiger partial charge in [0, 0.05) is 20.1 Å². The lowest BCUT2D eigenvalue weighted by Crippen LogP contribution is -2.44. The molecule has 1 aliphatic rings. The van der Waals surface area contributed by atoms with Crippen molar-refractivity contribution in [3.63, 3.8) is 0 Å². The highest BCUT2D eigenvalue weighted by atomic mass is 16.3. The Kier molecular flexibility index (Phi) is 5.31. The molecule has 1 fully saturated rings. The fraction of sp³-hybridized carbons (Fsp3) is 0.318. The Morgan fingerprint density at radius 2 is 1.90 bits per heavy atom. The van der Waals surface area contributed by atoms with E-state index in [0.29, 0.717) is 31.6 Å². The minimum absolute atomic E-state index is 0.222. The molecule has 2 aromatic heterocycles. The van der Waals surface area contributed by atoms with Crippen LogP contribution in [0.3, 0.4) is 0 Å². The molecule has 0 spiro atoms. The van der Waals surface area contributed by atoms with Crippen LogP contribution in [0.1, 0.15) is 29.1 Å². The molecule has 4 rings (SSSR count). The normalized spacial score (nSPS) is 16.5. The number of nitrogens with zero attached hydrogens (tertiary/aromatic N) is 3. The average molecular weight is 408 g/mol. The van der Waals surface area contributed by atoms with Gasteiger partial charge in [0.2, 0.25) is 5.91 Å². The van der Waals surface area contributed by atoms with E-state index in [1.807, 2.05) is 30.3 Å². The summed E-state index contributed by atoms with van der Waals surface area (Å²) in [6.07, 6.45) is 2.83. The number of hydrogen-bond acceptors (Lipinski definition) is 4. The second-order valence-corrected chi connectivity index (χ2v) is 7.49. The molecular weight excluding hydrogens is 384 g/mol. The van der Waals surface area contributed by atoms with Gasteiger partial charge in [0.25, 0.3) is 11.5 Å². The summed E-state index contributed by atoms with van der Waals surface area (Å²) in [6.45, 7) is 2.67. The van der Waals surface area contributed by atoms with Gasteiger partial charge in [-0.3, -0.25) is 19.1 Å². The number of rotatable bonds is 4. The monoisotopic (exact) mass is 408 g/mol. The number of carbonyl (C=O) groups is 2. The molecule has 1 aromatic carbocycles. The molecular formula is C22H24N4O4. The number of likely N-dealkylation sites (tertiary alicyclic amines) is 1. The molecule has 3 heterocycles. The number of nitrogens with one attached hydrogen (secondary N) is 1. The zero-order valence-electron chi connectivity index (χ0n) is 17.0. The molecule has 0 aliphatic carbocycles. The quantitative estimate of drug-likeness (QED) is 0.719. The van der Waals surface area contributed by atoms with Crippen molar-refractivity contribution in [1.82, 2.24) is 14.3 Å². The minimum atomic E-state index is -0.387. The van der Waals surface area contributed by atoms with E-state index in [1.165, 1.54) is 10.9 Å². The van der Waals surface area contributed by atoms with Gasteiger partial charge in [0.05, 0.1) is 23.6 Å². The van der Waals surface area contributed by atoms with Crippen LogP contribution in [-0.4, -0.2) is 39.2 Å². The molecule has 0 bridgehead atoms.